The largest absolute Gasteiger partial charge is 0.480 e. The van der Waals surface area contributed by atoms with Crippen LogP contribution in [0.25, 0.3) is 5.52 Å². The molecular weight excluding hydrogens is 573 g/mol. The molecule has 0 spiro atoms. The van der Waals surface area contributed by atoms with Crippen molar-refractivity contribution < 1.29 is 19.5 Å². The zero-order valence-electron chi connectivity index (χ0n) is 21.4. The van der Waals surface area contributed by atoms with Crippen molar-refractivity contribution in [3.05, 3.63) is 69.0 Å². The number of benzene rings is 1. The van der Waals surface area contributed by atoms with Gasteiger partial charge < -0.3 is 25.2 Å². The van der Waals surface area contributed by atoms with Gasteiger partial charge in [-0.15, -0.1) is 0 Å². The third-order valence-corrected chi connectivity index (χ3v) is 7.99. The number of aromatic nitrogens is 2. The number of pyridine rings is 1. The molecule has 0 unspecified atom stereocenters. The number of aliphatic carboxylic acids is 1. The maximum absolute atomic E-state index is 13.2. The lowest BCUT2D eigenvalue weighted by atomic mass is 9.96. The highest BCUT2D eigenvalue weighted by atomic mass is 35.5. The number of hydrogen-bond acceptors (Lipinski definition) is 5. The predicted molar refractivity (Wildman–Crippen MR) is 151 cm³/mol. The average Bonchev–Trinajstić information content (AvgIpc) is 3.62. The summed E-state index contributed by atoms with van der Waals surface area (Å²) >= 11 is 13.2. The van der Waals surface area contributed by atoms with Gasteiger partial charge in [-0.05, 0) is 54.7 Å². The van der Waals surface area contributed by atoms with Crippen LogP contribution in [0.3, 0.4) is 0 Å². The number of hydrogen-bond donors (Lipinski definition) is 3. The molecule has 3 aromatic rings. The van der Waals surface area contributed by atoms with Crippen molar-refractivity contribution in [2.45, 2.75) is 31.8 Å². The Labute approximate surface area is 243 Å². The molecule has 2 amide bonds. The molecule has 11 nitrogen and oxygen atoms in total. The molecule has 3 radical (unpaired) electrons. The van der Waals surface area contributed by atoms with Crippen molar-refractivity contribution in [1.29, 1.82) is 0 Å². The molecule has 3 N–H and O–H groups in total. The van der Waals surface area contributed by atoms with Gasteiger partial charge in [-0.25, -0.2) is 9.31 Å². The molecule has 2 aliphatic rings. The Kier molecular flexibility index (Phi) is 8.29. The van der Waals surface area contributed by atoms with Crippen LogP contribution in [0.1, 0.15) is 44.8 Å². The van der Waals surface area contributed by atoms with Crippen LogP contribution in [0, 0.1) is 0 Å². The van der Waals surface area contributed by atoms with Crippen molar-refractivity contribution in [2.75, 3.05) is 26.2 Å². The van der Waals surface area contributed by atoms with E-state index in [2.05, 4.69) is 30.8 Å². The highest BCUT2D eigenvalue weighted by molar-refractivity contribution is 6.40. The monoisotopic (exact) mass is 598 g/mol. The maximum atomic E-state index is 13.2. The van der Waals surface area contributed by atoms with Crippen LogP contribution in [0.2, 0.25) is 10.0 Å². The lowest BCUT2D eigenvalue weighted by Gasteiger charge is -2.30. The molecule has 1 saturated heterocycles. The molecule has 2 aliphatic heterocycles. The first-order chi connectivity index (χ1) is 19.3. The van der Waals surface area contributed by atoms with Gasteiger partial charge in [-0.1, -0.05) is 29.3 Å². The van der Waals surface area contributed by atoms with E-state index in [4.69, 9.17) is 23.2 Å². The van der Waals surface area contributed by atoms with Crippen LogP contribution >= 0.6 is 23.2 Å². The first-order valence-corrected chi connectivity index (χ1v) is 14.0. The standard InChI is InChI=1S/C26H26Cl2N7O4Si/c27-18-11-15-14-34(24(37)19-12-16-5-1-2-9-35(16)31-19)10-6-17(15)22(28)21(18)23(36)30-20(25(38)39)13-29-26(32-40)33-7-3-4-8-33/h1-2,5,9,11-12,20H,3-4,6-8,10,13-14H2,(H,29,32)(H,30,36)(H,38,39)/t20-/m0/s1. The van der Waals surface area contributed by atoms with Crippen molar-refractivity contribution >= 4 is 62.9 Å². The van der Waals surface area contributed by atoms with Gasteiger partial charge in [-0.3, -0.25) is 14.6 Å². The number of guanidine groups is 1. The Morgan fingerprint density at radius 3 is 2.60 bits per heavy atom. The number of nitrogens with one attached hydrogen (secondary N) is 2. The summed E-state index contributed by atoms with van der Waals surface area (Å²) in [5, 5.41) is 16.8. The van der Waals surface area contributed by atoms with E-state index in [9.17, 15) is 19.5 Å². The van der Waals surface area contributed by atoms with Gasteiger partial charge in [0.2, 0.25) is 0 Å². The van der Waals surface area contributed by atoms with E-state index in [1.165, 1.54) is 0 Å². The summed E-state index contributed by atoms with van der Waals surface area (Å²) in [4.78, 5) is 49.1. The van der Waals surface area contributed by atoms with Crippen LogP contribution < -0.4 is 10.3 Å². The average molecular weight is 600 g/mol. The Morgan fingerprint density at radius 1 is 1.12 bits per heavy atom. The molecule has 0 aliphatic carbocycles. The summed E-state index contributed by atoms with van der Waals surface area (Å²) in [7, 11) is 3.22. The van der Waals surface area contributed by atoms with Crippen LogP contribution in [0.15, 0.2) is 41.5 Å². The van der Waals surface area contributed by atoms with Gasteiger partial charge in [0.15, 0.2) is 22.1 Å². The van der Waals surface area contributed by atoms with Gasteiger partial charge in [0.1, 0.15) is 6.04 Å². The molecule has 40 heavy (non-hydrogen) atoms. The third kappa shape index (κ3) is 5.65. The fourth-order valence-corrected chi connectivity index (χ4v) is 5.98. The highest BCUT2D eigenvalue weighted by Gasteiger charge is 2.30. The summed E-state index contributed by atoms with van der Waals surface area (Å²) in [6.45, 7) is 2.04. The zero-order chi connectivity index (χ0) is 28.4. The number of nitrogens with zero attached hydrogens (tertiary/aromatic N) is 5. The number of carboxylic acids is 1. The maximum Gasteiger partial charge on any atom is 0.328 e. The second kappa shape index (κ2) is 11.9. The van der Waals surface area contributed by atoms with E-state index in [0.717, 1.165) is 31.4 Å². The Hall–Kier alpha value is -3.61. The van der Waals surface area contributed by atoms with Crippen molar-refractivity contribution in [3.63, 3.8) is 0 Å². The lowest BCUT2D eigenvalue weighted by molar-refractivity contribution is -0.138. The van der Waals surface area contributed by atoms with Gasteiger partial charge in [0, 0.05) is 32.4 Å². The number of aliphatic imine (C=N–C) groups is 1. The van der Waals surface area contributed by atoms with Gasteiger partial charge in [-0.2, -0.15) is 5.10 Å². The first kappa shape index (κ1) is 27.9. The minimum absolute atomic E-state index is 0.00421. The van der Waals surface area contributed by atoms with E-state index in [1.807, 2.05) is 23.1 Å². The molecule has 207 valence electrons. The Balaban J connectivity index is 1.31. The molecule has 0 bridgehead atoms. The second-order valence-corrected chi connectivity index (χ2v) is 10.6. The number of carbonyl (C=O) groups is 3. The normalized spacial score (nSPS) is 16.1. The van der Waals surface area contributed by atoms with Crippen molar-refractivity contribution in [3.8, 4) is 0 Å². The molecule has 5 rings (SSSR count). The SMILES string of the molecule is O=C(N[C@@H](CN=C(N[Si])N1CCCC1)C(=O)O)c1c(Cl)cc2c(c1Cl)CCN(C(=O)c1cc3ccccn3n1)C2. The first-order valence-electron chi connectivity index (χ1n) is 12.8. The summed E-state index contributed by atoms with van der Waals surface area (Å²) < 4.78 is 1.64. The fraction of sp³-hybridized carbons (Fsp3) is 0.346. The number of carboxylic acid groups (broad SMARTS) is 1. The number of carbonyl (C=O) groups excluding carboxylic acids is 2. The molecule has 4 heterocycles. The summed E-state index contributed by atoms with van der Waals surface area (Å²) in [6, 6.07) is 7.62. The van der Waals surface area contributed by atoms with Gasteiger partial charge >= 0.3 is 5.97 Å². The summed E-state index contributed by atoms with van der Waals surface area (Å²) in [6.07, 6.45) is 4.21. The Bertz CT molecular complexity index is 1470. The molecular formula is C26H26Cl2N7O4Si. The second-order valence-electron chi connectivity index (χ2n) is 9.61. The van der Waals surface area contributed by atoms with Crippen LogP contribution in [0.5, 0.6) is 0 Å². The van der Waals surface area contributed by atoms with Gasteiger partial charge in [0.25, 0.3) is 11.8 Å². The quantitative estimate of drug-likeness (QED) is 0.225. The van der Waals surface area contributed by atoms with E-state index in [-0.39, 0.29) is 34.6 Å². The molecule has 1 fully saturated rings. The lowest BCUT2D eigenvalue weighted by Crippen LogP contribution is -2.45. The van der Waals surface area contributed by atoms with Crippen molar-refractivity contribution in [1.82, 2.24) is 29.7 Å². The van der Waals surface area contributed by atoms with Crippen LogP contribution in [-0.4, -0.2) is 90.9 Å². The zero-order valence-corrected chi connectivity index (χ0v) is 23.9. The van der Waals surface area contributed by atoms with E-state index >= 15 is 0 Å². The van der Waals surface area contributed by atoms with Crippen LogP contribution in [0.4, 0.5) is 0 Å². The smallest absolute Gasteiger partial charge is 0.328 e. The highest BCUT2D eigenvalue weighted by Crippen LogP contribution is 2.35. The van der Waals surface area contributed by atoms with Crippen molar-refractivity contribution in [2.24, 2.45) is 4.99 Å². The molecule has 14 heteroatoms. The molecule has 1 aromatic carbocycles. The van der Waals surface area contributed by atoms with Crippen LogP contribution in [-0.2, 0) is 17.8 Å². The van der Waals surface area contributed by atoms with E-state index in [0.29, 0.717) is 35.7 Å². The minimum atomic E-state index is -1.30. The molecule has 2 aromatic heterocycles. The molecule has 0 saturated carbocycles. The summed E-state index contributed by atoms with van der Waals surface area (Å²) in [5.41, 5.74) is 2.54. The van der Waals surface area contributed by atoms with Gasteiger partial charge in [0.05, 0.1) is 27.7 Å². The fourth-order valence-electron chi connectivity index (χ4n) is 4.98. The molecule has 1 atom stereocenters. The topological polar surface area (TPSA) is 132 Å². The number of halogens is 2. The number of rotatable bonds is 6. The number of likely N-dealkylation sites (tertiary alicyclic amines) is 1. The number of amides is 2. The van der Waals surface area contributed by atoms with E-state index in [1.54, 1.807) is 27.7 Å². The number of fused-ring (bicyclic) bond motifs is 2. The minimum Gasteiger partial charge on any atom is -0.480 e. The third-order valence-electron chi connectivity index (χ3n) is 7.05. The Morgan fingerprint density at radius 2 is 1.90 bits per heavy atom. The summed E-state index contributed by atoms with van der Waals surface area (Å²) in [5.74, 6) is -1.67. The van der Waals surface area contributed by atoms with E-state index < -0.39 is 17.9 Å². The predicted octanol–water partition coefficient (Wildman–Crippen LogP) is 2.15.